The molecule has 1 N–H and O–H groups in total. The van der Waals surface area contributed by atoms with Crippen molar-refractivity contribution in [2.24, 2.45) is 0 Å². The van der Waals surface area contributed by atoms with E-state index < -0.39 is 0 Å². The van der Waals surface area contributed by atoms with Gasteiger partial charge in [-0.3, -0.25) is 4.79 Å². The van der Waals surface area contributed by atoms with Crippen LogP contribution < -0.4 is 14.8 Å². The molecule has 0 aliphatic rings. The molecule has 0 bridgehead atoms. The van der Waals surface area contributed by atoms with Crippen LogP contribution in [0, 0.1) is 6.92 Å². The Bertz CT molecular complexity index is 703. The third-order valence-electron chi connectivity index (χ3n) is 3.64. The first-order valence-corrected chi connectivity index (χ1v) is 8.72. The number of hydrogen-bond donors (Lipinski definition) is 1. The van der Waals surface area contributed by atoms with Gasteiger partial charge in [0, 0.05) is 10.5 Å². The maximum Gasteiger partial charge on any atom is 0.230 e. The largest absolute Gasteiger partial charge is 0.497 e. The number of benzene rings is 2. The Kier molecular flexibility index (Phi) is 6.55. The number of carbonyl (C=O) groups is 1. The molecule has 24 heavy (non-hydrogen) atoms. The minimum absolute atomic E-state index is 0.0149. The van der Waals surface area contributed by atoms with Crippen LogP contribution >= 0.6 is 11.8 Å². The minimum Gasteiger partial charge on any atom is -0.497 e. The highest BCUT2D eigenvalue weighted by Gasteiger charge is 2.14. The summed E-state index contributed by atoms with van der Waals surface area (Å²) in [5.74, 6) is 1.91. The van der Waals surface area contributed by atoms with Gasteiger partial charge in [-0.2, -0.15) is 0 Å². The van der Waals surface area contributed by atoms with E-state index in [1.54, 1.807) is 14.2 Å². The Balaban J connectivity index is 1.95. The van der Waals surface area contributed by atoms with Crippen LogP contribution in [0.25, 0.3) is 0 Å². The van der Waals surface area contributed by atoms with Gasteiger partial charge in [0.2, 0.25) is 5.91 Å². The first kappa shape index (κ1) is 18.2. The van der Waals surface area contributed by atoms with Gasteiger partial charge in [-0.05, 0) is 38.1 Å². The van der Waals surface area contributed by atoms with Crippen LogP contribution in [0.15, 0.2) is 47.4 Å². The number of amides is 1. The summed E-state index contributed by atoms with van der Waals surface area (Å²) in [5.41, 5.74) is 2.12. The van der Waals surface area contributed by atoms with Gasteiger partial charge < -0.3 is 14.8 Å². The zero-order valence-corrected chi connectivity index (χ0v) is 15.3. The van der Waals surface area contributed by atoms with Crippen molar-refractivity contribution in [1.29, 1.82) is 0 Å². The first-order chi connectivity index (χ1) is 11.5. The lowest BCUT2D eigenvalue weighted by molar-refractivity contribution is -0.119. The zero-order chi connectivity index (χ0) is 17.5. The van der Waals surface area contributed by atoms with E-state index in [0.717, 1.165) is 27.5 Å². The topological polar surface area (TPSA) is 47.6 Å². The molecule has 2 aromatic rings. The van der Waals surface area contributed by atoms with Gasteiger partial charge in [-0.1, -0.05) is 23.8 Å². The van der Waals surface area contributed by atoms with Gasteiger partial charge in [-0.25, -0.2) is 0 Å². The normalized spacial score (nSPS) is 11.7. The van der Waals surface area contributed by atoms with Crippen LogP contribution in [0.5, 0.6) is 11.5 Å². The van der Waals surface area contributed by atoms with Crippen LogP contribution in [0.3, 0.4) is 0 Å². The van der Waals surface area contributed by atoms with Crippen molar-refractivity contribution in [2.75, 3.05) is 20.0 Å². The predicted molar refractivity (Wildman–Crippen MR) is 98.0 cm³/mol. The second kappa shape index (κ2) is 8.64. The van der Waals surface area contributed by atoms with Crippen molar-refractivity contribution in [3.05, 3.63) is 53.6 Å². The first-order valence-electron chi connectivity index (χ1n) is 7.74. The molecule has 0 unspecified atom stereocenters. The Morgan fingerprint density at radius 2 is 1.96 bits per heavy atom. The number of ether oxygens (including phenoxy) is 2. The summed E-state index contributed by atoms with van der Waals surface area (Å²) in [6.07, 6.45) is 0. The van der Waals surface area contributed by atoms with E-state index in [4.69, 9.17) is 9.47 Å². The van der Waals surface area contributed by atoms with Crippen molar-refractivity contribution in [3.63, 3.8) is 0 Å². The van der Waals surface area contributed by atoms with E-state index in [1.165, 1.54) is 11.8 Å². The maximum absolute atomic E-state index is 12.2. The maximum atomic E-state index is 12.2. The highest BCUT2D eigenvalue weighted by atomic mass is 32.2. The summed E-state index contributed by atoms with van der Waals surface area (Å²) >= 11 is 1.49. The van der Waals surface area contributed by atoms with Gasteiger partial charge >= 0.3 is 0 Å². The summed E-state index contributed by atoms with van der Waals surface area (Å²) in [6.45, 7) is 3.99. The number of aryl methyl sites for hydroxylation is 1. The van der Waals surface area contributed by atoms with E-state index >= 15 is 0 Å². The third kappa shape index (κ3) is 4.93. The lowest BCUT2D eigenvalue weighted by Crippen LogP contribution is -2.28. The van der Waals surface area contributed by atoms with E-state index in [9.17, 15) is 4.79 Å². The minimum atomic E-state index is -0.113. The highest BCUT2D eigenvalue weighted by molar-refractivity contribution is 8.00. The second-order valence-electron chi connectivity index (χ2n) is 5.50. The Labute approximate surface area is 147 Å². The smallest absolute Gasteiger partial charge is 0.230 e. The molecule has 0 aliphatic carbocycles. The molecule has 1 atom stereocenters. The molecule has 0 spiro atoms. The van der Waals surface area contributed by atoms with Crippen molar-refractivity contribution >= 4 is 17.7 Å². The Morgan fingerprint density at radius 3 is 2.67 bits per heavy atom. The molecule has 5 heteroatoms. The fraction of sp³-hybridized carbons (Fsp3) is 0.316. The van der Waals surface area contributed by atoms with Crippen LogP contribution in [-0.2, 0) is 4.79 Å². The second-order valence-corrected chi connectivity index (χ2v) is 6.55. The molecular formula is C19H23NO3S. The third-order valence-corrected chi connectivity index (χ3v) is 4.63. The average Bonchev–Trinajstić information content (AvgIpc) is 2.60. The molecule has 0 radical (unpaired) electrons. The van der Waals surface area contributed by atoms with E-state index in [2.05, 4.69) is 5.32 Å². The zero-order valence-electron chi connectivity index (χ0n) is 14.5. The summed E-state index contributed by atoms with van der Waals surface area (Å²) in [4.78, 5) is 13.2. The Hall–Kier alpha value is -2.14. The molecule has 2 aromatic carbocycles. The number of methoxy groups -OCH3 is 2. The van der Waals surface area contributed by atoms with Crippen LogP contribution in [0.1, 0.15) is 24.1 Å². The molecule has 0 fully saturated rings. The van der Waals surface area contributed by atoms with E-state index in [1.807, 2.05) is 56.3 Å². The van der Waals surface area contributed by atoms with Crippen LogP contribution in [0.2, 0.25) is 0 Å². The molecule has 4 nitrogen and oxygen atoms in total. The highest BCUT2D eigenvalue weighted by Crippen LogP contribution is 2.27. The van der Waals surface area contributed by atoms with Gasteiger partial charge in [0.05, 0.1) is 26.0 Å². The molecular weight excluding hydrogens is 322 g/mol. The number of thioether (sulfide) groups is 1. The summed E-state index contributed by atoms with van der Waals surface area (Å²) < 4.78 is 10.6. The number of carbonyl (C=O) groups excluding carboxylic acids is 1. The molecule has 0 heterocycles. The van der Waals surface area contributed by atoms with E-state index in [-0.39, 0.29) is 11.9 Å². The summed E-state index contributed by atoms with van der Waals surface area (Å²) in [6, 6.07) is 13.5. The quantitative estimate of drug-likeness (QED) is 0.771. The van der Waals surface area contributed by atoms with Crippen LogP contribution in [-0.4, -0.2) is 25.9 Å². The molecule has 0 saturated carbocycles. The summed E-state index contributed by atoms with van der Waals surface area (Å²) in [7, 11) is 3.27. The number of hydrogen-bond acceptors (Lipinski definition) is 4. The van der Waals surface area contributed by atoms with Crippen molar-refractivity contribution in [1.82, 2.24) is 5.32 Å². The fourth-order valence-electron chi connectivity index (χ4n) is 2.39. The number of nitrogens with one attached hydrogen (secondary N) is 1. The Morgan fingerprint density at radius 1 is 1.17 bits per heavy atom. The van der Waals surface area contributed by atoms with Gasteiger partial charge in [-0.15, -0.1) is 11.8 Å². The predicted octanol–water partition coefficient (Wildman–Crippen LogP) is 3.98. The molecule has 128 valence electrons. The van der Waals surface area contributed by atoms with Crippen molar-refractivity contribution < 1.29 is 14.3 Å². The van der Waals surface area contributed by atoms with Gasteiger partial charge in [0.1, 0.15) is 11.5 Å². The summed E-state index contributed by atoms with van der Waals surface area (Å²) in [5, 5.41) is 3.03. The lowest BCUT2D eigenvalue weighted by Gasteiger charge is -2.18. The van der Waals surface area contributed by atoms with Gasteiger partial charge in [0.25, 0.3) is 0 Å². The molecule has 0 aliphatic heterocycles. The number of rotatable bonds is 7. The van der Waals surface area contributed by atoms with Crippen molar-refractivity contribution in [3.8, 4) is 11.5 Å². The lowest BCUT2D eigenvalue weighted by atomic mass is 10.0. The van der Waals surface area contributed by atoms with Crippen LogP contribution in [0.4, 0.5) is 0 Å². The molecule has 0 saturated heterocycles. The van der Waals surface area contributed by atoms with Crippen molar-refractivity contribution in [2.45, 2.75) is 24.8 Å². The monoisotopic (exact) mass is 345 g/mol. The van der Waals surface area contributed by atoms with E-state index in [0.29, 0.717) is 5.75 Å². The average molecular weight is 345 g/mol. The molecule has 1 amide bonds. The molecule has 0 aromatic heterocycles. The molecule has 2 rings (SSSR count). The van der Waals surface area contributed by atoms with Gasteiger partial charge in [0.15, 0.2) is 0 Å². The SMILES string of the molecule is COc1cccc(SCC(=O)N[C@H](C)c2cc(C)ccc2OC)c1. The fourth-order valence-corrected chi connectivity index (χ4v) is 3.15. The standard InChI is InChI=1S/C19H23NO3S/c1-13-8-9-18(23-4)17(10-13)14(2)20-19(21)12-24-16-7-5-6-15(11-16)22-3/h5-11,14H,12H2,1-4H3,(H,20,21)/t14-/m1/s1.